The van der Waals surface area contributed by atoms with Crippen molar-refractivity contribution in [3.05, 3.63) is 11.5 Å². The summed E-state index contributed by atoms with van der Waals surface area (Å²) in [5, 5.41) is 0. The fourth-order valence-electron chi connectivity index (χ4n) is 2.22. The molecule has 5 heteroatoms. The normalized spacial score (nSPS) is 26.3. The molecule has 0 N–H and O–H groups in total. The zero-order valence-electron chi connectivity index (χ0n) is 11.8. The Morgan fingerprint density at radius 3 is 2.28 bits per heavy atom. The van der Waals surface area contributed by atoms with E-state index in [0.717, 1.165) is 19.6 Å². The van der Waals surface area contributed by atoms with Crippen molar-refractivity contribution in [2.24, 2.45) is 0 Å². The molecule has 0 bridgehead atoms. The molecule has 0 radical (unpaired) electrons. The van der Waals surface area contributed by atoms with Gasteiger partial charge in [-0.2, -0.15) is 0 Å². The van der Waals surface area contributed by atoms with Crippen LogP contribution in [0.2, 0.25) is 0 Å². The Bertz CT molecular complexity index is 320. The lowest BCUT2D eigenvalue weighted by atomic mass is 9.85. The molecule has 2 heterocycles. The van der Waals surface area contributed by atoms with E-state index in [1.54, 1.807) is 0 Å². The van der Waals surface area contributed by atoms with Gasteiger partial charge in [-0.25, -0.2) is 0 Å². The summed E-state index contributed by atoms with van der Waals surface area (Å²) in [5.41, 5.74) is 0.783. The van der Waals surface area contributed by atoms with E-state index in [2.05, 4.69) is 38.6 Å². The molecule has 0 spiro atoms. The van der Waals surface area contributed by atoms with Gasteiger partial charge in [0.1, 0.15) is 0 Å². The van der Waals surface area contributed by atoms with Crippen LogP contribution in [0.3, 0.4) is 0 Å². The highest BCUT2D eigenvalue weighted by Gasteiger charge is 2.50. The summed E-state index contributed by atoms with van der Waals surface area (Å²) in [4.78, 5) is 2.23. The van der Waals surface area contributed by atoms with Gasteiger partial charge in [0.05, 0.1) is 17.9 Å². The Morgan fingerprint density at radius 1 is 1.22 bits per heavy atom. The molecule has 0 amide bonds. The average Bonchev–Trinajstić information content (AvgIpc) is 2.39. The van der Waals surface area contributed by atoms with Crippen molar-refractivity contribution in [1.29, 1.82) is 0 Å². The molecule has 2 fully saturated rings. The number of alkyl halides is 1. The molecule has 2 saturated heterocycles. The summed E-state index contributed by atoms with van der Waals surface area (Å²) in [7, 11) is -0.242. The van der Waals surface area contributed by atoms with Gasteiger partial charge in [0.15, 0.2) is 0 Å². The lowest BCUT2D eigenvalue weighted by molar-refractivity contribution is 0.00578. The van der Waals surface area contributed by atoms with E-state index in [0.29, 0.717) is 6.42 Å². The van der Waals surface area contributed by atoms with Crippen molar-refractivity contribution in [2.75, 3.05) is 26.3 Å². The highest BCUT2D eigenvalue weighted by molar-refractivity contribution is 6.51. The lowest BCUT2D eigenvalue weighted by Gasteiger charge is -2.34. The zero-order chi connectivity index (χ0) is 13.4. The zero-order valence-corrected chi connectivity index (χ0v) is 11.8. The van der Waals surface area contributed by atoms with Crippen LogP contribution in [0.1, 0.15) is 34.1 Å². The van der Waals surface area contributed by atoms with E-state index in [-0.39, 0.29) is 25.0 Å². The second-order valence-corrected chi connectivity index (χ2v) is 6.20. The van der Waals surface area contributed by atoms with E-state index < -0.39 is 0 Å². The molecular weight excluding hydrogens is 232 g/mol. The summed E-state index contributed by atoms with van der Waals surface area (Å²) in [6.07, 6.45) is 0.629. The first-order valence-electron chi connectivity index (χ1n) is 6.67. The SMILES string of the molecule is CC1(C)OB(C=C2CN(CCCF)C2)OC1(C)C. The van der Waals surface area contributed by atoms with Gasteiger partial charge in [-0.15, -0.1) is 0 Å². The van der Waals surface area contributed by atoms with Crippen LogP contribution in [0.25, 0.3) is 0 Å². The average molecular weight is 255 g/mol. The van der Waals surface area contributed by atoms with Gasteiger partial charge in [0, 0.05) is 19.6 Å². The summed E-state index contributed by atoms with van der Waals surface area (Å²) >= 11 is 0. The molecular formula is C13H23BFNO2. The number of halogens is 1. The minimum Gasteiger partial charge on any atom is -0.400 e. The van der Waals surface area contributed by atoms with Crippen LogP contribution >= 0.6 is 0 Å². The smallest absolute Gasteiger partial charge is 0.400 e. The highest BCUT2D eigenvalue weighted by atomic mass is 19.1. The fourth-order valence-corrected chi connectivity index (χ4v) is 2.22. The molecule has 18 heavy (non-hydrogen) atoms. The first-order chi connectivity index (χ1) is 8.34. The topological polar surface area (TPSA) is 21.7 Å². The van der Waals surface area contributed by atoms with Crippen molar-refractivity contribution in [3.8, 4) is 0 Å². The van der Waals surface area contributed by atoms with Gasteiger partial charge >= 0.3 is 7.12 Å². The Labute approximate surface area is 109 Å². The molecule has 2 rings (SSSR count). The molecule has 102 valence electrons. The maximum absolute atomic E-state index is 12.0. The third-order valence-electron chi connectivity index (χ3n) is 4.10. The van der Waals surface area contributed by atoms with Crippen molar-refractivity contribution in [1.82, 2.24) is 4.90 Å². The van der Waals surface area contributed by atoms with Crippen LogP contribution < -0.4 is 0 Å². The number of hydrogen-bond donors (Lipinski definition) is 0. The second-order valence-electron chi connectivity index (χ2n) is 6.20. The van der Waals surface area contributed by atoms with E-state index >= 15 is 0 Å². The van der Waals surface area contributed by atoms with E-state index in [9.17, 15) is 4.39 Å². The predicted molar refractivity (Wildman–Crippen MR) is 71.2 cm³/mol. The van der Waals surface area contributed by atoms with Crippen molar-refractivity contribution >= 4 is 7.12 Å². The molecule has 0 aromatic rings. The van der Waals surface area contributed by atoms with Crippen LogP contribution in [0.4, 0.5) is 4.39 Å². The molecule has 0 unspecified atom stereocenters. The lowest BCUT2D eigenvalue weighted by Crippen LogP contribution is -2.41. The number of nitrogens with zero attached hydrogens (tertiary/aromatic N) is 1. The maximum atomic E-state index is 12.0. The van der Waals surface area contributed by atoms with Gasteiger partial charge in [0.2, 0.25) is 0 Å². The van der Waals surface area contributed by atoms with Crippen molar-refractivity contribution in [2.45, 2.75) is 45.3 Å². The molecule has 0 aliphatic carbocycles. The summed E-state index contributed by atoms with van der Waals surface area (Å²) in [5.74, 6) is 2.07. The predicted octanol–water partition coefficient (Wildman–Crippen LogP) is 2.22. The number of likely N-dealkylation sites (tertiary alicyclic amines) is 1. The summed E-state index contributed by atoms with van der Waals surface area (Å²) in [6.45, 7) is 10.7. The first kappa shape index (κ1) is 14.0. The van der Waals surface area contributed by atoms with Gasteiger partial charge < -0.3 is 9.31 Å². The first-order valence-corrected chi connectivity index (χ1v) is 6.67. The number of rotatable bonds is 4. The Hall–Kier alpha value is -0.385. The minimum absolute atomic E-state index is 0.229. The third kappa shape index (κ3) is 2.78. The molecule has 0 aromatic carbocycles. The molecule has 2 aliphatic heterocycles. The van der Waals surface area contributed by atoms with Crippen molar-refractivity contribution < 1.29 is 13.7 Å². The summed E-state index contributed by atoms with van der Waals surface area (Å²) in [6, 6.07) is 0. The Kier molecular flexibility index (Phi) is 3.86. The largest absolute Gasteiger partial charge is 0.487 e. The monoisotopic (exact) mass is 255 g/mol. The second kappa shape index (κ2) is 4.95. The number of hydrogen-bond acceptors (Lipinski definition) is 3. The molecule has 0 aromatic heterocycles. The standard InChI is InChI=1S/C13H23BFNO2/c1-12(2)13(3,4)18-14(17-12)8-11-9-16(10-11)7-5-6-15/h8H,5-7,9-10H2,1-4H3. The Morgan fingerprint density at radius 2 is 1.78 bits per heavy atom. The van der Waals surface area contributed by atoms with Crippen LogP contribution in [-0.2, 0) is 9.31 Å². The summed E-state index contributed by atoms with van der Waals surface area (Å²) < 4.78 is 23.8. The highest BCUT2D eigenvalue weighted by Crippen LogP contribution is 2.37. The molecule has 0 saturated carbocycles. The van der Waals surface area contributed by atoms with E-state index in [1.807, 2.05) is 0 Å². The van der Waals surface area contributed by atoms with Crippen molar-refractivity contribution in [3.63, 3.8) is 0 Å². The van der Waals surface area contributed by atoms with Gasteiger partial charge in [-0.05, 0) is 39.7 Å². The quantitative estimate of drug-likeness (QED) is 0.719. The van der Waals surface area contributed by atoms with Crippen LogP contribution in [0.5, 0.6) is 0 Å². The van der Waals surface area contributed by atoms with Gasteiger partial charge in [-0.1, -0.05) is 5.98 Å². The molecule has 0 atom stereocenters. The van der Waals surface area contributed by atoms with Crippen LogP contribution in [0, 0.1) is 0 Å². The molecule has 3 nitrogen and oxygen atoms in total. The Balaban J connectivity index is 1.83. The van der Waals surface area contributed by atoms with Gasteiger partial charge in [0.25, 0.3) is 0 Å². The van der Waals surface area contributed by atoms with Crippen LogP contribution in [-0.4, -0.2) is 49.5 Å². The van der Waals surface area contributed by atoms with Crippen LogP contribution in [0.15, 0.2) is 11.5 Å². The van der Waals surface area contributed by atoms with Gasteiger partial charge in [-0.3, -0.25) is 9.29 Å². The third-order valence-corrected chi connectivity index (χ3v) is 4.10. The fraction of sp³-hybridized carbons (Fsp3) is 0.846. The van der Waals surface area contributed by atoms with E-state index in [1.165, 1.54) is 5.57 Å². The van der Waals surface area contributed by atoms with E-state index in [4.69, 9.17) is 9.31 Å². The minimum atomic E-state index is -0.271. The maximum Gasteiger partial charge on any atom is 0.487 e. The molecule has 2 aliphatic rings.